The number of benzene rings is 1. The summed E-state index contributed by atoms with van der Waals surface area (Å²) < 4.78 is 37.2. The Morgan fingerprint density at radius 1 is 1.26 bits per heavy atom. The van der Waals surface area contributed by atoms with E-state index in [1.54, 1.807) is 6.92 Å². The van der Waals surface area contributed by atoms with Crippen molar-refractivity contribution in [3.05, 3.63) is 41.7 Å². The maximum Gasteiger partial charge on any atom is 0.416 e. The van der Waals surface area contributed by atoms with Crippen LogP contribution in [0.2, 0.25) is 0 Å². The lowest BCUT2D eigenvalue weighted by atomic mass is 10.0. The standard InChI is InChI=1S/C11H9F3N4O/c1-7(18-16-6-15-17-18)10(19)8-2-4-9(5-3-8)11(12,13)14/h2-7H,1H3. The highest BCUT2D eigenvalue weighted by Crippen LogP contribution is 2.29. The molecule has 0 aliphatic rings. The molecule has 0 fully saturated rings. The third kappa shape index (κ3) is 2.78. The molecular weight excluding hydrogens is 261 g/mol. The number of carbonyl (C=O) groups excluding carboxylic acids is 1. The predicted molar refractivity (Wildman–Crippen MR) is 58.3 cm³/mol. The molecule has 2 aromatic rings. The number of halogens is 3. The molecule has 0 bridgehead atoms. The van der Waals surface area contributed by atoms with E-state index in [2.05, 4.69) is 15.4 Å². The molecular formula is C11H9F3N4O. The van der Waals surface area contributed by atoms with Crippen molar-refractivity contribution >= 4 is 5.78 Å². The van der Waals surface area contributed by atoms with Gasteiger partial charge >= 0.3 is 6.18 Å². The van der Waals surface area contributed by atoms with Gasteiger partial charge in [-0.15, -0.1) is 10.2 Å². The maximum absolute atomic E-state index is 12.4. The summed E-state index contributed by atoms with van der Waals surface area (Å²) >= 11 is 0. The number of rotatable bonds is 3. The average Bonchev–Trinajstić information content (AvgIpc) is 2.90. The first-order valence-corrected chi connectivity index (χ1v) is 5.33. The van der Waals surface area contributed by atoms with Crippen LogP contribution in [0.15, 0.2) is 30.6 Å². The second-order valence-corrected chi connectivity index (χ2v) is 3.87. The van der Waals surface area contributed by atoms with Crippen LogP contribution in [0, 0.1) is 0 Å². The molecule has 0 amide bonds. The van der Waals surface area contributed by atoms with Crippen LogP contribution in [-0.2, 0) is 6.18 Å². The fourth-order valence-electron chi connectivity index (χ4n) is 1.52. The number of Topliss-reactive ketones (excluding diaryl/α,β-unsaturated/α-hetero) is 1. The largest absolute Gasteiger partial charge is 0.416 e. The SMILES string of the molecule is CC(C(=O)c1ccc(C(F)(F)F)cc1)n1ncnn1. The maximum atomic E-state index is 12.4. The van der Waals surface area contributed by atoms with Gasteiger partial charge in [0.15, 0.2) is 12.1 Å². The molecule has 2 rings (SSSR count). The first-order valence-electron chi connectivity index (χ1n) is 5.33. The topological polar surface area (TPSA) is 60.7 Å². The van der Waals surface area contributed by atoms with Crippen LogP contribution < -0.4 is 0 Å². The lowest BCUT2D eigenvalue weighted by Gasteiger charge is -2.10. The predicted octanol–water partition coefficient (Wildman–Crippen LogP) is 2.14. The molecule has 1 aromatic carbocycles. The second-order valence-electron chi connectivity index (χ2n) is 3.87. The van der Waals surface area contributed by atoms with Gasteiger partial charge in [-0.3, -0.25) is 4.79 Å². The van der Waals surface area contributed by atoms with E-state index in [0.29, 0.717) is 0 Å². The first kappa shape index (κ1) is 13.2. The third-order valence-corrected chi connectivity index (χ3v) is 2.59. The molecule has 0 N–H and O–H groups in total. The molecule has 1 aromatic heterocycles. The van der Waals surface area contributed by atoms with Crippen molar-refractivity contribution in [1.29, 1.82) is 0 Å². The van der Waals surface area contributed by atoms with Gasteiger partial charge in [0, 0.05) is 5.56 Å². The van der Waals surface area contributed by atoms with Gasteiger partial charge in [-0.25, -0.2) is 0 Å². The van der Waals surface area contributed by atoms with E-state index < -0.39 is 17.8 Å². The molecule has 0 saturated carbocycles. The molecule has 0 spiro atoms. The summed E-state index contributed by atoms with van der Waals surface area (Å²) in [5, 5.41) is 10.8. The number of ketones is 1. The molecule has 0 aliphatic carbocycles. The Bertz CT molecular complexity index is 563. The summed E-state index contributed by atoms with van der Waals surface area (Å²) in [5.41, 5.74) is -0.631. The van der Waals surface area contributed by atoms with Crippen LogP contribution in [0.3, 0.4) is 0 Å². The van der Waals surface area contributed by atoms with Crippen LogP contribution >= 0.6 is 0 Å². The lowest BCUT2D eigenvalue weighted by Crippen LogP contribution is -2.19. The smallest absolute Gasteiger partial charge is 0.292 e. The molecule has 1 atom stereocenters. The van der Waals surface area contributed by atoms with Crippen molar-refractivity contribution in [2.45, 2.75) is 19.1 Å². The third-order valence-electron chi connectivity index (χ3n) is 2.59. The van der Waals surface area contributed by atoms with Crippen molar-refractivity contribution in [2.24, 2.45) is 0 Å². The zero-order valence-corrected chi connectivity index (χ0v) is 9.80. The molecule has 8 heteroatoms. The Hall–Kier alpha value is -2.25. The second kappa shape index (κ2) is 4.79. The van der Waals surface area contributed by atoms with Gasteiger partial charge in [-0.2, -0.15) is 18.0 Å². The van der Waals surface area contributed by atoms with Gasteiger partial charge in [0.1, 0.15) is 6.04 Å². The number of hydrogen-bond acceptors (Lipinski definition) is 4. The normalized spacial score (nSPS) is 13.3. The van der Waals surface area contributed by atoms with E-state index >= 15 is 0 Å². The van der Waals surface area contributed by atoms with Gasteiger partial charge in [0.05, 0.1) is 5.56 Å². The number of hydrogen-bond donors (Lipinski definition) is 0. The van der Waals surface area contributed by atoms with Gasteiger partial charge < -0.3 is 0 Å². The van der Waals surface area contributed by atoms with Crippen LogP contribution in [0.5, 0.6) is 0 Å². The van der Waals surface area contributed by atoms with Crippen molar-refractivity contribution in [3.63, 3.8) is 0 Å². The Labute approximate surface area is 106 Å². The molecule has 1 unspecified atom stereocenters. The summed E-state index contributed by atoms with van der Waals surface area (Å²) in [6.45, 7) is 1.54. The van der Waals surface area contributed by atoms with E-state index in [0.717, 1.165) is 29.1 Å². The van der Waals surface area contributed by atoms with Crippen molar-refractivity contribution < 1.29 is 18.0 Å². The Balaban J connectivity index is 2.21. The van der Waals surface area contributed by atoms with Crippen LogP contribution in [0.1, 0.15) is 28.9 Å². The molecule has 5 nitrogen and oxygen atoms in total. The van der Waals surface area contributed by atoms with Crippen LogP contribution in [0.25, 0.3) is 0 Å². The lowest BCUT2D eigenvalue weighted by molar-refractivity contribution is -0.137. The quantitative estimate of drug-likeness (QED) is 0.802. The van der Waals surface area contributed by atoms with E-state index in [1.165, 1.54) is 6.33 Å². The van der Waals surface area contributed by atoms with E-state index in [9.17, 15) is 18.0 Å². The zero-order valence-electron chi connectivity index (χ0n) is 9.80. The van der Waals surface area contributed by atoms with E-state index in [1.807, 2.05) is 0 Å². The Morgan fingerprint density at radius 2 is 1.89 bits per heavy atom. The summed E-state index contributed by atoms with van der Waals surface area (Å²) in [7, 11) is 0. The summed E-state index contributed by atoms with van der Waals surface area (Å²) in [6, 6.07) is 3.29. The molecule has 0 aliphatic heterocycles. The molecule has 1 heterocycles. The van der Waals surface area contributed by atoms with E-state index in [4.69, 9.17) is 0 Å². The van der Waals surface area contributed by atoms with Crippen LogP contribution in [0.4, 0.5) is 13.2 Å². The van der Waals surface area contributed by atoms with Gasteiger partial charge in [0.25, 0.3) is 0 Å². The van der Waals surface area contributed by atoms with Gasteiger partial charge in [-0.05, 0) is 24.3 Å². The minimum Gasteiger partial charge on any atom is -0.292 e. The highest BCUT2D eigenvalue weighted by atomic mass is 19.4. The fraction of sp³-hybridized carbons (Fsp3) is 0.273. The fourth-order valence-corrected chi connectivity index (χ4v) is 1.52. The summed E-state index contributed by atoms with van der Waals surface area (Å²) in [4.78, 5) is 13.1. The van der Waals surface area contributed by atoms with Crippen molar-refractivity contribution in [1.82, 2.24) is 20.2 Å². The van der Waals surface area contributed by atoms with Crippen molar-refractivity contribution in [3.8, 4) is 0 Å². The number of carbonyl (C=O) groups is 1. The Morgan fingerprint density at radius 3 is 2.37 bits per heavy atom. The van der Waals surface area contributed by atoms with Gasteiger partial charge in [0.2, 0.25) is 0 Å². The number of tetrazole rings is 1. The van der Waals surface area contributed by atoms with Crippen molar-refractivity contribution in [2.75, 3.05) is 0 Å². The Kier molecular flexibility index (Phi) is 3.32. The molecule has 0 saturated heterocycles. The minimum atomic E-state index is -4.42. The zero-order chi connectivity index (χ0) is 14.0. The highest BCUT2D eigenvalue weighted by Gasteiger charge is 2.30. The first-order chi connectivity index (χ1) is 8.89. The molecule has 19 heavy (non-hydrogen) atoms. The summed E-state index contributed by atoms with van der Waals surface area (Å²) in [5.74, 6) is -0.383. The monoisotopic (exact) mass is 270 g/mol. The number of nitrogens with zero attached hydrogens (tertiary/aromatic N) is 4. The molecule has 100 valence electrons. The van der Waals surface area contributed by atoms with Crippen LogP contribution in [-0.4, -0.2) is 26.0 Å². The minimum absolute atomic E-state index is 0.165. The van der Waals surface area contributed by atoms with E-state index in [-0.39, 0.29) is 11.3 Å². The van der Waals surface area contributed by atoms with Gasteiger partial charge in [-0.1, -0.05) is 12.1 Å². The molecule has 0 radical (unpaired) electrons. The number of alkyl halides is 3. The highest BCUT2D eigenvalue weighted by molar-refractivity contribution is 5.98. The number of aromatic nitrogens is 4. The average molecular weight is 270 g/mol. The summed E-state index contributed by atoms with van der Waals surface area (Å²) in [6.07, 6.45) is -3.24.